The molecule has 0 saturated carbocycles. The number of carbonyl (C=O) groups is 3. The Bertz CT molecular complexity index is 2430. The Kier molecular flexibility index (Phi) is 13.5. The molecule has 9 N–H and O–H groups in total. The van der Waals surface area contributed by atoms with Gasteiger partial charge in [0, 0.05) is 30.4 Å². The number of fused-ring (bicyclic) bond motifs is 8. The first-order chi connectivity index (χ1) is 33.2. The van der Waals surface area contributed by atoms with Crippen molar-refractivity contribution in [3.05, 3.63) is 51.1 Å². The first kappa shape index (κ1) is 51.9. The number of aromatic hydroxyl groups is 2. The van der Waals surface area contributed by atoms with Crippen molar-refractivity contribution in [2.24, 2.45) is 0 Å². The average molecular weight is 1010 g/mol. The molecule has 23 heteroatoms. The second-order valence-corrected chi connectivity index (χ2v) is 20.8. The maximum atomic E-state index is 14.9. The van der Waals surface area contributed by atoms with Gasteiger partial charge in [0.1, 0.15) is 64.8 Å². The molecular weight excluding hydrogens is 941 g/mol. The molecule has 0 amide bonds. The predicted molar refractivity (Wildman–Crippen MR) is 236 cm³/mol. The normalized spacial score (nSPS) is 41.9. The van der Waals surface area contributed by atoms with Crippen LogP contribution in [-0.4, -0.2) is 198 Å². The highest BCUT2D eigenvalue weighted by Gasteiger charge is 2.62. The maximum Gasteiger partial charge on any atom is 0.316 e. The largest absolute Gasteiger partial charge is 0.507 e. The Labute approximate surface area is 408 Å². The number of ether oxygens (including phenoxy) is 9. The van der Waals surface area contributed by atoms with E-state index in [-0.39, 0.29) is 65.3 Å². The Morgan fingerprint density at radius 3 is 2.04 bits per heavy atom. The van der Waals surface area contributed by atoms with Crippen molar-refractivity contribution in [2.45, 2.75) is 189 Å². The molecule has 2 aromatic carbocycles. The molecule has 19 atom stereocenters. The van der Waals surface area contributed by atoms with Crippen molar-refractivity contribution in [2.75, 3.05) is 21.2 Å². The van der Waals surface area contributed by atoms with Crippen LogP contribution in [0.4, 0.5) is 0 Å². The van der Waals surface area contributed by atoms with Crippen LogP contribution >= 0.6 is 0 Å². The summed E-state index contributed by atoms with van der Waals surface area (Å²) in [5.41, 5.74) is -6.17. The minimum atomic E-state index is -1.69. The molecule has 392 valence electrons. The number of hydrogen-bond acceptors (Lipinski definition) is 23. The second-order valence-electron chi connectivity index (χ2n) is 20.8. The zero-order valence-corrected chi connectivity index (χ0v) is 40.7. The predicted octanol–water partition coefficient (Wildman–Crippen LogP) is 0.564. The fourth-order valence-electron chi connectivity index (χ4n) is 11.9. The third-order valence-electron chi connectivity index (χ3n) is 15.7. The summed E-state index contributed by atoms with van der Waals surface area (Å²) in [6.07, 6.45) is -16.2. The molecule has 9 rings (SSSR count). The smallest absolute Gasteiger partial charge is 0.316 e. The molecule has 0 aromatic heterocycles. The number of carbonyl (C=O) groups excluding carboxylic acids is 3. The molecule has 23 nitrogen and oxygen atoms in total. The number of phenolic OH excluding ortho intramolecular Hbond substituents is 2. The lowest BCUT2D eigenvalue weighted by atomic mass is 9.69. The lowest BCUT2D eigenvalue weighted by Crippen LogP contribution is -2.70. The van der Waals surface area contributed by atoms with Gasteiger partial charge in [-0.1, -0.05) is 5.23 Å². The first-order valence-electron chi connectivity index (χ1n) is 23.8. The number of ketones is 2. The highest BCUT2D eigenvalue weighted by Crippen LogP contribution is 2.55. The molecule has 2 aliphatic carbocycles. The number of esters is 1. The number of nitrogens with zero attached hydrogens (tertiary/aromatic N) is 2. The Morgan fingerprint density at radius 2 is 1.42 bits per heavy atom. The van der Waals surface area contributed by atoms with Gasteiger partial charge in [-0.3, -0.25) is 24.8 Å². The van der Waals surface area contributed by atoms with Crippen LogP contribution in [0.2, 0.25) is 0 Å². The van der Waals surface area contributed by atoms with Gasteiger partial charge in [-0.2, -0.15) is 0 Å². The summed E-state index contributed by atoms with van der Waals surface area (Å²) in [7, 11) is 4.50. The van der Waals surface area contributed by atoms with Gasteiger partial charge in [0.25, 0.3) is 0 Å². The topological polar surface area (TPSA) is 323 Å². The van der Waals surface area contributed by atoms with E-state index >= 15 is 0 Å². The Morgan fingerprint density at radius 1 is 0.789 bits per heavy atom. The van der Waals surface area contributed by atoms with Crippen molar-refractivity contribution in [3.63, 3.8) is 0 Å². The van der Waals surface area contributed by atoms with E-state index in [4.69, 9.17) is 42.6 Å². The molecule has 7 aliphatic rings. The molecule has 4 fully saturated rings. The summed E-state index contributed by atoms with van der Waals surface area (Å²) in [6, 6.07) is 1.55. The van der Waals surface area contributed by atoms with Crippen LogP contribution < -0.4 is 4.74 Å². The third-order valence-corrected chi connectivity index (χ3v) is 15.7. The number of benzene rings is 2. The van der Waals surface area contributed by atoms with E-state index in [0.29, 0.717) is 0 Å². The number of methoxy groups -OCH3 is 1. The van der Waals surface area contributed by atoms with Crippen LogP contribution in [0, 0.1) is 0 Å². The monoisotopic (exact) mass is 1000 g/mol. The van der Waals surface area contributed by atoms with E-state index < -0.39 is 161 Å². The molecule has 0 spiro atoms. The quantitative estimate of drug-likeness (QED) is 0.104. The van der Waals surface area contributed by atoms with Gasteiger partial charge in [0.05, 0.1) is 66.0 Å². The number of phenols is 2. The number of aliphatic hydroxyl groups excluding tert-OH is 4. The van der Waals surface area contributed by atoms with E-state index in [2.05, 4.69) is 0 Å². The fraction of sp³-hybridized carbons (Fsp3) is 0.688. The average Bonchev–Trinajstić information content (AvgIpc) is 3.28. The van der Waals surface area contributed by atoms with E-state index in [9.17, 15) is 60.5 Å². The van der Waals surface area contributed by atoms with Crippen LogP contribution in [0.3, 0.4) is 0 Å². The SMILES string of the molecule is COC(=O)C1c2cc3c(c(O)c2CCC1(C)O)C(=O)c1c(O)cc2c(c1C3=O)OC1OC2(C)C(OC2CC(O)C(OC3CC(C)(N(O)O)C(OC4CC(O)C(O)C(C)O4)C(C)O3)C(C)O2)C(N(C)C)C1O. The number of rotatable bonds is 9. The Balaban J connectivity index is 0.981. The summed E-state index contributed by atoms with van der Waals surface area (Å²) in [6.45, 7) is 9.34. The molecular formula is C48H64N2O21. The van der Waals surface area contributed by atoms with Crippen LogP contribution in [0.1, 0.15) is 122 Å². The third kappa shape index (κ3) is 8.35. The Hall–Kier alpha value is -3.99. The van der Waals surface area contributed by atoms with E-state index in [1.54, 1.807) is 46.7 Å². The molecule has 5 aliphatic heterocycles. The van der Waals surface area contributed by atoms with E-state index in [1.165, 1.54) is 26.0 Å². The van der Waals surface area contributed by atoms with Gasteiger partial charge in [0.15, 0.2) is 24.7 Å². The van der Waals surface area contributed by atoms with Crippen molar-refractivity contribution in [1.82, 2.24) is 10.1 Å². The minimum absolute atomic E-state index is 0.000418. The van der Waals surface area contributed by atoms with Crippen molar-refractivity contribution >= 4 is 17.5 Å². The zero-order valence-electron chi connectivity index (χ0n) is 40.7. The summed E-state index contributed by atoms with van der Waals surface area (Å²) in [5, 5.41) is 99.9. The first-order valence-corrected chi connectivity index (χ1v) is 23.8. The number of aliphatic hydroxyl groups is 5. The highest BCUT2D eigenvalue weighted by atomic mass is 16.8. The van der Waals surface area contributed by atoms with Crippen LogP contribution in [0.5, 0.6) is 17.2 Å². The summed E-state index contributed by atoms with van der Waals surface area (Å²) in [5.74, 6) is -5.38. The van der Waals surface area contributed by atoms with Gasteiger partial charge >= 0.3 is 5.97 Å². The van der Waals surface area contributed by atoms with Crippen LogP contribution in [0.25, 0.3) is 0 Å². The minimum Gasteiger partial charge on any atom is -0.507 e. The lowest BCUT2D eigenvalue weighted by molar-refractivity contribution is -0.422. The van der Waals surface area contributed by atoms with Gasteiger partial charge in [-0.05, 0) is 91.7 Å². The highest BCUT2D eigenvalue weighted by molar-refractivity contribution is 6.31. The van der Waals surface area contributed by atoms with Crippen LogP contribution in [-0.2, 0) is 54.7 Å². The van der Waals surface area contributed by atoms with Crippen molar-refractivity contribution < 1.29 is 103 Å². The summed E-state index contributed by atoms with van der Waals surface area (Å²) in [4.78, 5) is 44.1. The standard InChI is InChI=1S/C48H64N2O21/c1-17-35(54)25(52)14-27(64-17)68-42-19(3)66-29(16-46(42,4)50(61)62)67-40-18(2)65-28(15-26(40)53)69-43-34(49(7)8)39(58)45-70-41-23(48(43,6)71-45)13-24(51)31-32(41)37(56)22-12-21-20(36(55)30(22)38(31)57)10-11-47(5,60)33(21)44(59)63-9/h12-13,17-19,25-29,33-35,39-40,42-43,45,51-55,58,60-62H,10-11,14-16H2,1-9H3. The second kappa shape index (κ2) is 18.4. The number of hydroxylamine groups is 2. The number of hydrogen-bond donors (Lipinski definition) is 9. The maximum absolute atomic E-state index is 14.9. The molecule has 0 radical (unpaired) electrons. The van der Waals surface area contributed by atoms with E-state index in [0.717, 1.165) is 7.11 Å². The summed E-state index contributed by atoms with van der Waals surface area (Å²) >= 11 is 0. The number of likely N-dealkylation sites (N-methyl/N-ethyl adjacent to an activating group) is 1. The molecule has 19 unspecified atom stereocenters. The molecule has 2 bridgehead atoms. The summed E-state index contributed by atoms with van der Waals surface area (Å²) < 4.78 is 55.1. The van der Waals surface area contributed by atoms with E-state index in [1.807, 2.05) is 0 Å². The van der Waals surface area contributed by atoms with Gasteiger partial charge in [-0.15, -0.1) is 0 Å². The zero-order chi connectivity index (χ0) is 51.7. The lowest BCUT2D eigenvalue weighted by Gasteiger charge is -2.56. The molecule has 5 heterocycles. The van der Waals surface area contributed by atoms with Gasteiger partial charge < -0.3 is 83.3 Å². The molecule has 71 heavy (non-hydrogen) atoms. The fourth-order valence-corrected chi connectivity index (χ4v) is 11.9. The molecule has 4 saturated heterocycles. The van der Waals surface area contributed by atoms with Crippen LogP contribution in [0.15, 0.2) is 12.1 Å². The van der Waals surface area contributed by atoms with Gasteiger partial charge in [-0.25, -0.2) is 0 Å². The van der Waals surface area contributed by atoms with Crippen molar-refractivity contribution in [1.29, 1.82) is 0 Å². The molecule has 2 aromatic rings. The van der Waals surface area contributed by atoms with Crippen molar-refractivity contribution in [3.8, 4) is 17.2 Å². The van der Waals surface area contributed by atoms with Gasteiger partial charge in [0.2, 0.25) is 12.1 Å².